The SMILES string of the molecule is C[C@@H]1CCN(C[C@@H]2CC3(CCN(S(=O)(=O)Cc4ccccc4)CC3)CO2)C[C@H]1O. The van der Waals surface area contributed by atoms with E-state index in [1.165, 1.54) is 0 Å². The minimum absolute atomic E-state index is 0.0790. The lowest BCUT2D eigenvalue weighted by Gasteiger charge is -2.38. The van der Waals surface area contributed by atoms with Gasteiger partial charge in [-0.05, 0) is 49.1 Å². The summed E-state index contributed by atoms with van der Waals surface area (Å²) in [6, 6.07) is 9.41. The molecule has 3 fully saturated rings. The summed E-state index contributed by atoms with van der Waals surface area (Å²) in [5, 5.41) is 10.1. The molecule has 0 aromatic heterocycles. The van der Waals surface area contributed by atoms with E-state index in [1.54, 1.807) is 4.31 Å². The van der Waals surface area contributed by atoms with Gasteiger partial charge in [-0.2, -0.15) is 0 Å². The second kappa shape index (κ2) is 8.63. The highest BCUT2D eigenvalue weighted by atomic mass is 32.2. The van der Waals surface area contributed by atoms with Crippen molar-refractivity contribution in [3.63, 3.8) is 0 Å². The zero-order valence-electron chi connectivity index (χ0n) is 17.4. The van der Waals surface area contributed by atoms with Gasteiger partial charge >= 0.3 is 0 Å². The molecule has 162 valence electrons. The van der Waals surface area contributed by atoms with Crippen molar-refractivity contribution in [1.29, 1.82) is 0 Å². The molecule has 3 aliphatic rings. The number of aliphatic hydroxyl groups is 1. The van der Waals surface area contributed by atoms with Gasteiger partial charge in [0.05, 0.1) is 24.6 Å². The first kappa shape index (κ1) is 21.2. The van der Waals surface area contributed by atoms with Crippen molar-refractivity contribution in [3.05, 3.63) is 35.9 Å². The molecule has 0 saturated carbocycles. The van der Waals surface area contributed by atoms with Crippen LogP contribution in [0.1, 0.15) is 38.2 Å². The molecule has 1 N–H and O–H groups in total. The van der Waals surface area contributed by atoms with Crippen molar-refractivity contribution in [2.24, 2.45) is 11.3 Å². The number of nitrogens with zero attached hydrogens (tertiary/aromatic N) is 2. The van der Waals surface area contributed by atoms with E-state index in [1.807, 2.05) is 30.3 Å². The van der Waals surface area contributed by atoms with Gasteiger partial charge in [0.25, 0.3) is 0 Å². The van der Waals surface area contributed by atoms with Crippen molar-refractivity contribution >= 4 is 10.0 Å². The minimum atomic E-state index is -3.27. The Labute approximate surface area is 174 Å². The monoisotopic (exact) mass is 422 g/mol. The molecule has 7 heteroatoms. The van der Waals surface area contributed by atoms with Crippen LogP contribution in [-0.4, -0.2) is 74.3 Å². The molecule has 29 heavy (non-hydrogen) atoms. The highest BCUT2D eigenvalue weighted by Crippen LogP contribution is 2.43. The van der Waals surface area contributed by atoms with Gasteiger partial charge in [0.15, 0.2) is 0 Å². The maximum atomic E-state index is 12.8. The summed E-state index contributed by atoms with van der Waals surface area (Å²) in [4.78, 5) is 2.33. The van der Waals surface area contributed by atoms with Gasteiger partial charge in [0.1, 0.15) is 0 Å². The number of hydrogen-bond acceptors (Lipinski definition) is 5. The van der Waals surface area contributed by atoms with E-state index < -0.39 is 10.0 Å². The van der Waals surface area contributed by atoms with Gasteiger partial charge in [-0.3, -0.25) is 4.90 Å². The number of rotatable bonds is 5. The molecule has 4 rings (SSSR count). The normalized spacial score (nSPS) is 31.3. The molecule has 3 atom stereocenters. The Bertz CT molecular complexity index is 777. The summed E-state index contributed by atoms with van der Waals surface area (Å²) in [7, 11) is -3.27. The molecule has 0 aliphatic carbocycles. The Morgan fingerprint density at radius 3 is 2.59 bits per heavy atom. The Kier molecular flexibility index (Phi) is 6.33. The summed E-state index contributed by atoms with van der Waals surface area (Å²) >= 11 is 0. The van der Waals surface area contributed by atoms with Crippen LogP contribution in [0.3, 0.4) is 0 Å². The molecule has 1 aromatic rings. The smallest absolute Gasteiger partial charge is 0.218 e. The zero-order chi connectivity index (χ0) is 20.5. The fourth-order valence-corrected chi connectivity index (χ4v) is 6.58. The Morgan fingerprint density at radius 2 is 1.90 bits per heavy atom. The van der Waals surface area contributed by atoms with E-state index in [-0.39, 0.29) is 23.4 Å². The third-order valence-corrected chi connectivity index (χ3v) is 8.97. The molecule has 3 aliphatic heterocycles. The number of piperidine rings is 2. The first-order chi connectivity index (χ1) is 13.9. The number of aliphatic hydroxyl groups excluding tert-OH is 1. The number of β-amino-alcohol motifs (C(OH)–C–C–N with tert-alkyl or cyclic N) is 1. The van der Waals surface area contributed by atoms with E-state index in [4.69, 9.17) is 4.74 Å². The van der Waals surface area contributed by atoms with Gasteiger partial charge in [-0.1, -0.05) is 37.3 Å². The van der Waals surface area contributed by atoms with Crippen LogP contribution in [0.4, 0.5) is 0 Å². The summed E-state index contributed by atoms with van der Waals surface area (Å²) in [5.74, 6) is 0.458. The maximum Gasteiger partial charge on any atom is 0.218 e. The molecule has 1 aromatic carbocycles. The van der Waals surface area contributed by atoms with Crippen molar-refractivity contribution in [2.75, 3.05) is 39.3 Å². The van der Waals surface area contributed by atoms with Crippen LogP contribution < -0.4 is 0 Å². The lowest BCUT2D eigenvalue weighted by molar-refractivity contribution is 0.00123. The quantitative estimate of drug-likeness (QED) is 0.787. The Morgan fingerprint density at radius 1 is 1.17 bits per heavy atom. The second-order valence-electron chi connectivity index (χ2n) is 9.37. The standard InChI is InChI=1S/C22H34N2O4S/c1-18-7-10-23(15-21(18)25)14-20-13-22(17-28-20)8-11-24(12-9-22)29(26,27)16-19-5-3-2-4-6-19/h2-6,18,20-21,25H,7-17H2,1H3/t18-,20+,21-/m1/s1. The summed E-state index contributed by atoms with van der Waals surface area (Å²) in [5.41, 5.74) is 0.959. The first-order valence-electron chi connectivity index (χ1n) is 10.9. The summed E-state index contributed by atoms with van der Waals surface area (Å²) in [6.07, 6.45) is 3.74. The second-order valence-corrected chi connectivity index (χ2v) is 11.3. The molecular formula is C22H34N2O4S. The molecule has 3 heterocycles. The van der Waals surface area contributed by atoms with Crippen molar-refractivity contribution in [3.8, 4) is 0 Å². The predicted molar refractivity (Wildman–Crippen MR) is 113 cm³/mol. The van der Waals surface area contributed by atoms with Gasteiger partial charge in [0.2, 0.25) is 10.0 Å². The molecule has 6 nitrogen and oxygen atoms in total. The maximum absolute atomic E-state index is 12.8. The van der Waals surface area contributed by atoms with Crippen molar-refractivity contribution < 1.29 is 18.3 Å². The number of sulfonamides is 1. The summed E-state index contributed by atoms with van der Waals surface area (Å²) in [6.45, 7) is 6.66. The summed E-state index contributed by atoms with van der Waals surface area (Å²) < 4.78 is 33.4. The lowest BCUT2D eigenvalue weighted by atomic mass is 9.77. The molecule has 0 amide bonds. The fraction of sp³-hybridized carbons (Fsp3) is 0.727. The van der Waals surface area contributed by atoms with Crippen LogP contribution in [0.15, 0.2) is 30.3 Å². The third-order valence-electron chi connectivity index (χ3n) is 7.12. The van der Waals surface area contributed by atoms with E-state index in [0.29, 0.717) is 19.0 Å². The van der Waals surface area contributed by atoms with Gasteiger partial charge in [0, 0.05) is 26.2 Å². The van der Waals surface area contributed by atoms with Crippen LogP contribution in [0, 0.1) is 11.3 Å². The number of likely N-dealkylation sites (tertiary alicyclic amines) is 1. The molecule has 1 spiro atoms. The van der Waals surface area contributed by atoms with E-state index in [9.17, 15) is 13.5 Å². The Balaban J connectivity index is 1.28. The van der Waals surface area contributed by atoms with Gasteiger partial charge in [-0.25, -0.2) is 12.7 Å². The number of hydrogen-bond donors (Lipinski definition) is 1. The molecular weight excluding hydrogens is 388 g/mol. The number of benzene rings is 1. The van der Waals surface area contributed by atoms with E-state index in [2.05, 4.69) is 11.8 Å². The average Bonchev–Trinajstić information content (AvgIpc) is 3.07. The van der Waals surface area contributed by atoms with Crippen LogP contribution in [-0.2, 0) is 20.5 Å². The topological polar surface area (TPSA) is 70.1 Å². The van der Waals surface area contributed by atoms with E-state index in [0.717, 1.165) is 57.5 Å². The largest absolute Gasteiger partial charge is 0.392 e. The highest BCUT2D eigenvalue weighted by molar-refractivity contribution is 7.88. The molecule has 0 unspecified atom stereocenters. The highest BCUT2D eigenvalue weighted by Gasteiger charge is 2.44. The van der Waals surface area contributed by atoms with Gasteiger partial charge in [-0.15, -0.1) is 0 Å². The Hall–Kier alpha value is -0.990. The first-order valence-corrected chi connectivity index (χ1v) is 12.5. The van der Waals surface area contributed by atoms with Crippen LogP contribution in [0.5, 0.6) is 0 Å². The fourth-order valence-electron chi connectivity index (χ4n) is 5.04. The van der Waals surface area contributed by atoms with Crippen molar-refractivity contribution in [2.45, 2.75) is 50.6 Å². The zero-order valence-corrected chi connectivity index (χ0v) is 18.2. The van der Waals surface area contributed by atoms with Crippen molar-refractivity contribution in [1.82, 2.24) is 9.21 Å². The van der Waals surface area contributed by atoms with Crippen LogP contribution in [0.2, 0.25) is 0 Å². The minimum Gasteiger partial charge on any atom is -0.392 e. The average molecular weight is 423 g/mol. The number of ether oxygens (including phenoxy) is 1. The van der Waals surface area contributed by atoms with Gasteiger partial charge < -0.3 is 9.84 Å². The molecule has 0 bridgehead atoms. The van der Waals surface area contributed by atoms with Crippen LogP contribution in [0.25, 0.3) is 0 Å². The lowest BCUT2D eigenvalue weighted by Crippen LogP contribution is -2.46. The predicted octanol–water partition coefficient (Wildman–Crippen LogP) is 2.09. The molecule has 3 saturated heterocycles. The third kappa shape index (κ3) is 5.02. The van der Waals surface area contributed by atoms with Crippen LogP contribution >= 0.6 is 0 Å². The molecule has 0 radical (unpaired) electrons. The van der Waals surface area contributed by atoms with E-state index >= 15 is 0 Å².